The van der Waals surface area contributed by atoms with Gasteiger partial charge in [0.1, 0.15) is 23.3 Å². The average molecular weight is 534 g/mol. The number of oxazole rings is 1. The SMILES string of the molecule is Cn1cc(-c2ccc(Nc3nc4cc(Cl)cc(OCCCN5CCOCC5)c4o3)cc2)c2c(N)ncnc21. The molecule has 0 radical (unpaired) electrons. The second kappa shape index (κ2) is 10.5. The molecule has 10 nitrogen and oxygen atoms in total. The number of nitrogens with one attached hydrogen (secondary N) is 1. The molecule has 1 saturated heterocycles. The summed E-state index contributed by atoms with van der Waals surface area (Å²) in [6, 6.07) is 11.8. The maximum Gasteiger partial charge on any atom is 0.300 e. The van der Waals surface area contributed by atoms with Crippen molar-refractivity contribution in [2.24, 2.45) is 7.05 Å². The quantitative estimate of drug-likeness (QED) is 0.270. The number of hydrogen-bond donors (Lipinski definition) is 2. The molecule has 0 atom stereocenters. The van der Waals surface area contributed by atoms with Crippen molar-refractivity contribution >= 4 is 51.3 Å². The number of aryl methyl sites for hydroxylation is 1. The van der Waals surface area contributed by atoms with Gasteiger partial charge in [-0.2, -0.15) is 4.98 Å². The van der Waals surface area contributed by atoms with Crippen LogP contribution in [0.2, 0.25) is 5.02 Å². The molecule has 0 spiro atoms. The number of anilines is 3. The van der Waals surface area contributed by atoms with E-state index in [0.29, 0.717) is 40.3 Å². The van der Waals surface area contributed by atoms with Crippen LogP contribution in [0.4, 0.5) is 17.5 Å². The number of halogens is 1. The van der Waals surface area contributed by atoms with Gasteiger partial charge in [-0.1, -0.05) is 23.7 Å². The molecule has 11 heteroatoms. The molecule has 0 aliphatic carbocycles. The van der Waals surface area contributed by atoms with E-state index < -0.39 is 0 Å². The van der Waals surface area contributed by atoms with Crippen molar-refractivity contribution in [2.75, 3.05) is 50.5 Å². The molecule has 6 rings (SSSR count). The maximum absolute atomic E-state index is 6.33. The van der Waals surface area contributed by atoms with E-state index in [9.17, 15) is 0 Å². The van der Waals surface area contributed by atoms with Crippen LogP contribution in [-0.4, -0.2) is 63.9 Å². The monoisotopic (exact) mass is 533 g/mol. The van der Waals surface area contributed by atoms with Crippen molar-refractivity contribution in [3.63, 3.8) is 0 Å². The van der Waals surface area contributed by atoms with Crippen LogP contribution in [0.1, 0.15) is 6.42 Å². The number of rotatable bonds is 8. The lowest BCUT2D eigenvalue weighted by molar-refractivity contribution is 0.0358. The molecule has 1 fully saturated rings. The number of morpholine rings is 1. The van der Waals surface area contributed by atoms with Crippen LogP contribution in [0.25, 0.3) is 33.3 Å². The van der Waals surface area contributed by atoms with Gasteiger partial charge in [0.25, 0.3) is 6.01 Å². The van der Waals surface area contributed by atoms with E-state index in [2.05, 4.69) is 25.2 Å². The highest BCUT2D eigenvalue weighted by atomic mass is 35.5. The third-order valence-electron chi connectivity index (χ3n) is 6.63. The first kappa shape index (κ1) is 24.5. The van der Waals surface area contributed by atoms with Crippen molar-refractivity contribution in [2.45, 2.75) is 6.42 Å². The van der Waals surface area contributed by atoms with Gasteiger partial charge in [0.15, 0.2) is 11.3 Å². The fourth-order valence-corrected chi connectivity index (χ4v) is 4.94. The van der Waals surface area contributed by atoms with E-state index in [0.717, 1.165) is 67.1 Å². The first-order valence-corrected chi connectivity index (χ1v) is 12.9. The van der Waals surface area contributed by atoms with Crippen LogP contribution in [0, 0.1) is 0 Å². The summed E-state index contributed by atoms with van der Waals surface area (Å²) in [5, 5.41) is 4.61. The molecule has 5 aromatic rings. The van der Waals surface area contributed by atoms with E-state index in [1.54, 1.807) is 12.1 Å². The molecule has 3 N–H and O–H groups in total. The molecule has 1 aliphatic heterocycles. The van der Waals surface area contributed by atoms with E-state index in [1.165, 1.54) is 6.33 Å². The van der Waals surface area contributed by atoms with Crippen molar-refractivity contribution in [3.05, 3.63) is 53.9 Å². The largest absolute Gasteiger partial charge is 0.489 e. The number of benzene rings is 2. The first-order chi connectivity index (χ1) is 18.5. The van der Waals surface area contributed by atoms with E-state index >= 15 is 0 Å². The van der Waals surface area contributed by atoms with Gasteiger partial charge < -0.3 is 29.5 Å². The Kier molecular flexibility index (Phi) is 6.75. The molecule has 0 bridgehead atoms. The molecule has 1 aliphatic rings. The topological polar surface area (TPSA) is 116 Å². The number of fused-ring (bicyclic) bond motifs is 2. The predicted octanol–water partition coefficient (Wildman–Crippen LogP) is 4.86. The fraction of sp³-hybridized carbons (Fsp3) is 0.296. The van der Waals surface area contributed by atoms with Gasteiger partial charge in [0.2, 0.25) is 0 Å². The maximum atomic E-state index is 6.33. The molecule has 0 unspecified atom stereocenters. The fourth-order valence-electron chi connectivity index (χ4n) is 4.74. The summed E-state index contributed by atoms with van der Waals surface area (Å²) in [5.74, 6) is 1.04. The number of nitrogen functional groups attached to an aromatic ring is 1. The third-order valence-corrected chi connectivity index (χ3v) is 6.85. The average Bonchev–Trinajstić information content (AvgIpc) is 3.48. The third kappa shape index (κ3) is 4.98. The highest BCUT2D eigenvalue weighted by molar-refractivity contribution is 6.31. The minimum Gasteiger partial charge on any atom is -0.489 e. The Morgan fingerprint density at radius 1 is 1.13 bits per heavy atom. The van der Waals surface area contributed by atoms with Crippen LogP contribution in [0.5, 0.6) is 5.75 Å². The second-order valence-corrected chi connectivity index (χ2v) is 9.68. The lowest BCUT2D eigenvalue weighted by Crippen LogP contribution is -2.37. The van der Waals surface area contributed by atoms with Gasteiger partial charge in [-0.3, -0.25) is 4.90 Å². The molecule has 4 heterocycles. The van der Waals surface area contributed by atoms with E-state index in [-0.39, 0.29) is 0 Å². The van der Waals surface area contributed by atoms with Crippen LogP contribution in [0.3, 0.4) is 0 Å². The van der Waals surface area contributed by atoms with Crippen LogP contribution < -0.4 is 15.8 Å². The Balaban J connectivity index is 1.16. The summed E-state index contributed by atoms with van der Waals surface area (Å²) in [5.41, 5.74) is 10.9. The second-order valence-electron chi connectivity index (χ2n) is 9.24. The lowest BCUT2D eigenvalue weighted by atomic mass is 10.1. The summed E-state index contributed by atoms with van der Waals surface area (Å²) in [6.07, 6.45) is 4.38. The summed E-state index contributed by atoms with van der Waals surface area (Å²) in [7, 11) is 1.94. The molecule has 0 saturated carbocycles. The molecule has 196 valence electrons. The minimum atomic E-state index is 0.357. The summed E-state index contributed by atoms with van der Waals surface area (Å²) >= 11 is 6.33. The number of ether oxygens (including phenoxy) is 2. The Bertz CT molecular complexity index is 1580. The normalized spacial score (nSPS) is 14.4. The number of nitrogens with two attached hydrogens (primary N) is 1. The molecule has 2 aromatic carbocycles. The summed E-state index contributed by atoms with van der Waals surface area (Å²) < 4.78 is 19.4. The Labute approximate surface area is 224 Å². The van der Waals surface area contributed by atoms with E-state index in [4.69, 9.17) is 31.2 Å². The van der Waals surface area contributed by atoms with Crippen molar-refractivity contribution in [3.8, 4) is 16.9 Å². The zero-order valence-electron chi connectivity index (χ0n) is 21.0. The Morgan fingerprint density at radius 2 is 1.95 bits per heavy atom. The lowest BCUT2D eigenvalue weighted by Gasteiger charge is -2.26. The van der Waals surface area contributed by atoms with Crippen LogP contribution in [-0.2, 0) is 11.8 Å². The van der Waals surface area contributed by atoms with Crippen molar-refractivity contribution in [1.82, 2.24) is 24.4 Å². The number of nitrogens with zero attached hydrogens (tertiary/aromatic N) is 5. The molecular formula is C27H28ClN7O3. The number of hydrogen-bond acceptors (Lipinski definition) is 9. The van der Waals surface area contributed by atoms with E-state index in [1.807, 2.05) is 42.1 Å². The highest BCUT2D eigenvalue weighted by Crippen LogP contribution is 2.35. The minimum absolute atomic E-state index is 0.357. The number of aromatic nitrogens is 4. The summed E-state index contributed by atoms with van der Waals surface area (Å²) in [4.78, 5) is 15.5. The first-order valence-electron chi connectivity index (χ1n) is 12.5. The van der Waals surface area contributed by atoms with Gasteiger partial charge in [0.05, 0.1) is 25.2 Å². The van der Waals surface area contributed by atoms with Crippen molar-refractivity contribution < 1.29 is 13.9 Å². The van der Waals surface area contributed by atoms with Gasteiger partial charge in [0, 0.05) is 55.2 Å². The highest BCUT2D eigenvalue weighted by Gasteiger charge is 2.16. The van der Waals surface area contributed by atoms with Gasteiger partial charge in [-0.25, -0.2) is 9.97 Å². The zero-order chi connectivity index (χ0) is 26.1. The zero-order valence-corrected chi connectivity index (χ0v) is 21.7. The Morgan fingerprint density at radius 3 is 2.76 bits per heavy atom. The summed E-state index contributed by atoms with van der Waals surface area (Å²) in [6.45, 7) is 5.03. The van der Waals surface area contributed by atoms with Gasteiger partial charge >= 0.3 is 0 Å². The van der Waals surface area contributed by atoms with Crippen molar-refractivity contribution in [1.29, 1.82) is 0 Å². The molecule has 0 amide bonds. The molecular weight excluding hydrogens is 506 g/mol. The van der Waals surface area contributed by atoms with Gasteiger partial charge in [-0.05, 0) is 30.2 Å². The standard InChI is InChI=1S/C27H28ClN7O3/c1-34-15-20(23-25(29)30-16-31-26(23)34)17-3-5-19(6-4-17)32-27-33-21-13-18(28)14-22(24(21)38-27)37-10-2-7-35-8-11-36-12-9-35/h3-6,13-16H,2,7-12H2,1H3,(H,32,33)(H2,29,30,31). The van der Waals surface area contributed by atoms with Crippen LogP contribution >= 0.6 is 11.6 Å². The predicted molar refractivity (Wildman–Crippen MR) is 148 cm³/mol. The van der Waals surface area contributed by atoms with Gasteiger partial charge in [-0.15, -0.1) is 0 Å². The smallest absolute Gasteiger partial charge is 0.300 e. The Hall–Kier alpha value is -3.86. The molecule has 3 aromatic heterocycles. The molecule has 38 heavy (non-hydrogen) atoms. The van der Waals surface area contributed by atoms with Crippen LogP contribution in [0.15, 0.2) is 53.3 Å².